The molecule has 0 spiro atoms. The van der Waals surface area contributed by atoms with E-state index >= 15 is 0 Å². The number of aromatic amines is 1. The molecule has 10 heteroatoms. The van der Waals surface area contributed by atoms with Gasteiger partial charge in [-0.25, -0.2) is 4.98 Å². The van der Waals surface area contributed by atoms with Crippen LogP contribution in [-0.4, -0.2) is 28.1 Å². The van der Waals surface area contributed by atoms with E-state index in [4.69, 9.17) is 5.73 Å². The molecule has 6 N–H and O–H groups in total. The monoisotopic (exact) mass is 403 g/mol. The molecule has 2 aromatic heterocycles. The number of amides is 1. The second-order valence-electron chi connectivity index (χ2n) is 6.39. The number of nitrogens with two attached hydrogens (primary N) is 1. The van der Waals surface area contributed by atoms with Gasteiger partial charge in [0.25, 0.3) is 16.8 Å². The molecule has 0 aliphatic heterocycles. The van der Waals surface area contributed by atoms with Crippen molar-refractivity contribution in [3.05, 3.63) is 74.7 Å². The van der Waals surface area contributed by atoms with Crippen LogP contribution in [0.5, 0.6) is 0 Å². The van der Waals surface area contributed by atoms with E-state index in [2.05, 4.69) is 31.1 Å². The third-order valence-corrected chi connectivity index (χ3v) is 4.53. The molecule has 0 bridgehead atoms. The lowest BCUT2D eigenvalue weighted by Gasteiger charge is -2.13. The van der Waals surface area contributed by atoms with Crippen LogP contribution < -0.4 is 32.5 Å². The summed E-state index contributed by atoms with van der Waals surface area (Å²) >= 11 is 0. The van der Waals surface area contributed by atoms with Crippen LogP contribution in [0.25, 0.3) is 11.3 Å². The lowest BCUT2D eigenvalue weighted by Crippen LogP contribution is -2.35. The number of nitrogens with zero attached hydrogens (tertiary/aromatic N) is 2. The fourth-order valence-electron chi connectivity index (χ4n) is 3.05. The maximum absolute atomic E-state index is 12.1. The number of nitrogens with one attached hydrogen (secondary N) is 4. The van der Waals surface area contributed by atoms with E-state index in [-0.39, 0.29) is 22.8 Å². The average Bonchev–Trinajstić information content (AvgIpc) is 3.18. The molecule has 150 valence electrons. The van der Waals surface area contributed by atoms with Gasteiger partial charge in [-0.3, -0.25) is 19.5 Å². The normalized spacial score (nSPS) is 10.7. The lowest BCUT2D eigenvalue weighted by molar-refractivity contribution is 0.100. The predicted octanol–water partition coefficient (Wildman–Crippen LogP) is 1.70. The van der Waals surface area contributed by atoms with Crippen molar-refractivity contribution in [1.29, 1.82) is 0 Å². The van der Waals surface area contributed by atoms with E-state index in [0.29, 0.717) is 22.8 Å². The van der Waals surface area contributed by atoms with Gasteiger partial charge in [0.15, 0.2) is 5.82 Å². The number of benzene rings is 1. The molecule has 1 amide bonds. The molecule has 10 nitrogen and oxygen atoms in total. The number of aromatic nitrogens is 3. The van der Waals surface area contributed by atoms with Crippen molar-refractivity contribution >= 4 is 34.6 Å². The lowest BCUT2D eigenvalue weighted by atomic mass is 10.1. The van der Waals surface area contributed by atoms with Gasteiger partial charge in [-0.15, -0.1) is 0 Å². The van der Waals surface area contributed by atoms with Crippen LogP contribution in [0.2, 0.25) is 0 Å². The molecule has 0 aliphatic rings. The Hall–Kier alpha value is -4.47. The van der Waals surface area contributed by atoms with E-state index in [1.54, 1.807) is 55.7 Å². The van der Waals surface area contributed by atoms with Crippen molar-refractivity contribution < 1.29 is 4.79 Å². The first-order chi connectivity index (χ1) is 14.5. The zero-order valence-corrected chi connectivity index (χ0v) is 15.8. The number of anilines is 5. The fraction of sp³-hybridized carbons (Fsp3) is 0.0500. The molecular weight excluding hydrogens is 386 g/mol. The fourth-order valence-corrected chi connectivity index (χ4v) is 3.05. The molecule has 0 unspecified atom stereocenters. The maximum Gasteiger partial charge on any atom is 0.254 e. The first-order valence-electron chi connectivity index (χ1n) is 8.94. The minimum atomic E-state index is -0.651. The highest BCUT2D eigenvalue weighted by atomic mass is 16.2. The number of carbonyl (C=O) groups is 1. The van der Waals surface area contributed by atoms with Crippen molar-refractivity contribution in [3.8, 4) is 11.3 Å². The highest BCUT2D eigenvalue weighted by molar-refractivity contribution is 6.04. The molecule has 0 radical (unpaired) electrons. The summed E-state index contributed by atoms with van der Waals surface area (Å²) in [7, 11) is 1.57. The van der Waals surface area contributed by atoms with Gasteiger partial charge in [0.05, 0.1) is 5.69 Å². The summed E-state index contributed by atoms with van der Waals surface area (Å²) in [6.45, 7) is 0. The zero-order chi connectivity index (χ0) is 21.3. The Balaban J connectivity index is 1.61. The Bertz CT molecular complexity index is 1290. The summed E-state index contributed by atoms with van der Waals surface area (Å²) in [5.41, 5.74) is 6.83. The van der Waals surface area contributed by atoms with Gasteiger partial charge < -0.3 is 21.7 Å². The SMILES string of the molecule is CNc1c(Nc2ccc(-c3[nH]nc(Nc4ccccn4)c3C(N)=O)cc2)c(=O)c1=O. The van der Waals surface area contributed by atoms with Crippen molar-refractivity contribution in [1.82, 2.24) is 15.2 Å². The number of hydrogen-bond donors (Lipinski definition) is 5. The largest absolute Gasteiger partial charge is 0.383 e. The van der Waals surface area contributed by atoms with Crippen LogP contribution in [0.4, 0.5) is 28.7 Å². The van der Waals surface area contributed by atoms with Crippen LogP contribution in [0.15, 0.2) is 58.3 Å². The van der Waals surface area contributed by atoms with Gasteiger partial charge >= 0.3 is 0 Å². The molecule has 2 aromatic carbocycles. The molecule has 30 heavy (non-hydrogen) atoms. The van der Waals surface area contributed by atoms with Gasteiger partial charge in [-0.1, -0.05) is 18.2 Å². The summed E-state index contributed by atoms with van der Waals surface area (Å²) < 4.78 is 0. The number of carbonyl (C=O) groups excluding carboxylic acids is 1. The minimum absolute atomic E-state index is 0.196. The van der Waals surface area contributed by atoms with E-state index in [0.717, 1.165) is 0 Å². The first-order valence-corrected chi connectivity index (χ1v) is 8.94. The van der Waals surface area contributed by atoms with Gasteiger partial charge in [0, 0.05) is 24.5 Å². The molecule has 0 saturated heterocycles. The van der Waals surface area contributed by atoms with Gasteiger partial charge in [-0.2, -0.15) is 5.10 Å². The Kier molecular flexibility index (Phi) is 4.72. The summed E-state index contributed by atoms with van der Waals surface area (Å²) in [6, 6.07) is 12.2. The molecule has 0 atom stereocenters. The van der Waals surface area contributed by atoms with Crippen LogP contribution in [0, 0.1) is 0 Å². The number of pyridine rings is 1. The van der Waals surface area contributed by atoms with Gasteiger partial charge in [0.1, 0.15) is 22.8 Å². The summed E-state index contributed by atoms with van der Waals surface area (Å²) in [6.07, 6.45) is 1.61. The quantitative estimate of drug-likeness (QED) is 0.292. The molecular formula is C20H17N7O3. The first kappa shape index (κ1) is 18.9. The molecule has 2 heterocycles. The molecule has 0 aliphatic carbocycles. The van der Waals surface area contributed by atoms with Crippen LogP contribution in [0.3, 0.4) is 0 Å². The second-order valence-corrected chi connectivity index (χ2v) is 6.39. The van der Waals surface area contributed by atoms with Gasteiger partial charge in [0.2, 0.25) is 0 Å². The van der Waals surface area contributed by atoms with E-state index in [1.807, 2.05) is 0 Å². The molecule has 0 saturated carbocycles. The smallest absolute Gasteiger partial charge is 0.254 e. The third-order valence-electron chi connectivity index (χ3n) is 4.53. The number of primary amides is 1. The predicted molar refractivity (Wildman–Crippen MR) is 114 cm³/mol. The van der Waals surface area contributed by atoms with E-state index < -0.39 is 16.8 Å². The number of rotatable bonds is 7. The summed E-state index contributed by atoms with van der Waals surface area (Å²) in [4.78, 5) is 39.4. The van der Waals surface area contributed by atoms with E-state index in [1.165, 1.54) is 0 Å². The zero-order valence-electron chi connectivity index (χ0n) is 15.8. The highest BCUT2D eigenvalue weighted by Gasteiger charge is 2.21. The van der Waals surface area contributed by atoms with Gasteiger partial charge in [-0.05, 0) is 24.3 Å². The molecule has 4 aromatic rings. The molecule has 4 rings (SSSR count). The van der Waals surface area contributed by atoms with Crippen molar-refractivity contribution in [3.63, 3.8) is 0 Å². The number of hydrogen-bond acceptors (Lipinski definition) is 8. The van der Waals surface area contributed by atoms with Crippen LogP contribution in [-0.2, 0) is 0 Å². The van der Waals surface area contributed by atoms with Crippen molar-refractivity contribution in [2.45, 2.75) is 0 Å². The Morgan fingerprint density at radius 3 is 2.37 bits per heavy atom. The van der Waals surface area contributed by atoms with E-state index in [9.17, 15) is 14.4 Å². The van der Waals surface area contributed by atoms with Crippen LogP contribution >= 0.6 is 0 Å². The Morgan fingerprint density at radius 2 is 1.73 bits per heavy atom. The summed E-state index contributed by atoms with van der Waals surface area (Å²) in [5, 5.41) is 15.6. The van der Waals surface area contributed by atoms with Crippen LogP contribution in [0.1, 0.15) is 10.4 Å². The van der Waals surface area contributed by atoms with Crippen molar-refractivity contribution in [2.24, 2.45) is 5.73 Å². The highest BCUT2D eigenvalue weighted by Crippen LogP contribution is 2.29. The Labute approximate surface area is 169 Å². The standard InChI is InChI=1S/C20H17N7O3/c1-22-15-16(18(29)17(15)28)24-11-7-5-10(6-8-11)14-13(19(21)30)20(27-26-14)25-12-4-2-3-9-23-12/h2-9,22,24H,1H3,(H2,21,30)(H2,23,25,26,27). The average molecular weight is 403 g/mol. The minimum Gasteiger partial charge on any atom is -0.383 e. The topological polar surface area (TPSA) is 155 Å². The summed E-state index contributed by atoms with van der Waals surface area (Å²) in [5.74, 6) is 0.133. The number of H-pyrrole nitrogens is 1. The Morgan fingerprint density at radius 1 is 1.00 bits per heavy atom. The molecule has 0 fully saturated rings. The second kappa shape index (κ2) is 7.51. The van der Waals surface area contributed by atoms with Crippen molar-refractivity contribution in [2.75, 3.05) is 23.0 Å². The maximum atomic E-state index is 12.1. The third kappa shape index (κ3) is 3.26.